The average molecular weight is 367 g/mol. The summed E-state index contributed by atoms with van der Waals surface area (Å²) in [5.74, 6) is -0.603. The molecule has 128 valence electrons. The van der Waals surface area contributed by atoms with Gasteiger partial charge in [-0.25, -0.2) is 9.78 Å². The summed E-state index contributed by atoms with van der Waals surface area (Å²) in [6.07, 6.45) is 0.764. The molecular weight excluding hydrogens is 348 g/mol. The predicted molar refractivity (Wildman–Crippen MR) is 96.2 cm³/mol. The van der Waals surface area contributed by atoms with Gasteiger partial charge in [-0.3, -0.25) is 9.69 Å². The zero-order valence-corrected chi connectivity index (χ0v) is 15.4. The molecule has 0 saturated heterocycles. The molecule has 1 amide bonds. The van der Waals surface area contributed by atoms with E-state index in [1.165, 1.54) is 11.3 Å². The van der Waals surface area contributed by atoms with Gasteiger partial charge in [0.1, 0.15) is 4.88 Å². The first-order valence-corrected chi connectivity index (χ1v) is 8.89. The number of benzene rings is 1. The van der Waals surface area contributed by atoms with Gasteiger partial charge in [-0.1, -0.05) is 35.9 Å². The molecule has 0 atom stereocenters. The van der Waals surface area contributed by atoms with E-state index in [1.54, 1.807) is 43.0 Å². The number of carbonyl (C=O) groups excluding carboxylic acids is 2. The molecule has 0 N–H and O–H groups in total. The maximum Gasteiger partial charge on any atom is 0.350 e. The Bertz CT molecular complexity index is 745. The molecule has 24 heavy (non-hydrogen) atoms. The van der Waals surface area contributed by atoms with Gasteiger partial charge < -0.3 is 4.74 Å². The highest BCUT2D eigenvalue weighted by Gasteiger charge is 2.24. The maximum atomic E-state index is 12.8. The number of amides is 1. The van der Waals surface area contributed by atoms with Gasteiger partial charge in [0.05, 0.1) is 12.3 Å². The van der Waals surface area contributed by atoms with Gasteiger partial charge in [-0.2, -0.15) is 0 Å². The van der Waals surface area contributed by atoms with E-state index in [2.05, 4.69) is 4.98 Å². The van der Waals surface area contributed by atoms with Crippen LogP contribution in [0.25, 0.3) is 0 Å². The predicted octanol–water partition coefficient (Wildman–Crippen LogP) is 4.34. The van der Waals surface area contributed by atoms with Crippen LogP contribution in [0.1, 0.15) is 46.0 Å². The van der Waals surface area contributed by atoms with Crippen molar-refractivity contribution >= 4 is 39.9 Å². The van der Waals surface area contributed by atoms with E-state index >= 15 is 0 Å². The third-order valence-electron chi connectivity index (χ3n) is 3.24. The van der Waals surface area contributed by atoms with Gasteiger partial charge in [0.25, 0.3) is 5.91 Å². The van der Waals surface area contributed by atoms with Crippen molar-refractivity contribution in [3.63, 3.8) is 0 Å². The summed E-state index contributed by atoms with van der Waals surface area (Å²) in [5.41, 5.74) is 1.05. The van der Waals surface area contributed by atoms with Crippen molar-refractivity contribution in [3.8, 4) is 0 Å². The molecule has 2 rings (SSSR count). The Hall–Kier alpha value is -1.92. The van der Waals surface area contributed by atoms with Crippen molar-refractivity contribution < 1.29 is 14.3 Å². The number of ether oxygens (including phenoxy) is 1. The van der Waals surface area contributed by atoms with Crippen LogP contribution in [0, 0.1) is 6.92 Å². The van der Waals surface area contributed by atoms with Crippen LogP contribution in [0.4, 0.5) is 5.13 Å². The molecule has 7 heteroatoms. The van der Waals surface area contributed by atoms with E-state index in [0.717, 1.165) is 6.42 Å². The van der Waals surface area contributed by atoms with Crippen LogP contribution in [0.2, 0.25) is 5.02 Å². The Morgan fingerprint density at radius 3 is 2.71 bits per heavy atom. The summed E-state index contributed by atoms with van der Waals surface area (Å²) in [6.45, 7) is 6.26. The standard InChI is InChI=1S/C17H19ClN2O3S/c1-4-9-20(15(21)12-7-6-8-13(18)10-12)17-19-11(3)14(24-17)16(22)23-5-2/h6-8,10H,4-5,9H2,1-3H3. The van der Waals surface area contributed by atoms with Crippen molar-refractivity contribution in [1.82, 2.24) is 4.98 Å². The van der Waals surface area contributed by atoms with Crippen LogP contribution in [0.15, 0.2) is 24.3 Å². The molecule has 0 radical (unpaired) electrons. The Morgan fingerprint density at radius 1 is 1.33 bits per heavy atom. The Balaban J connectivity index is 2.35. The zero-order chi connectivity index (χ0) is 17.7. The van der Waals surface area contributed by atoms with Gasteiger partial charge >= 0.3 is 5.97 Å². The van der Waals surface area contributed by atoms with Crippen molar-refractivity contribution in [2.24, 2.45) is 0 Å². The van der Waals surface area contributed by atoms with E-state index in [1.807, 2.05) is 6.92 Å². The summed E-state index contributed by atoms with van der Waals surface area (Å²) in [6, 6.07) is 6.79. The Morgan fingerprint density at radius 2 is 2.08 bits per heavy atom. The highest BCUT2D eigenvalue weighted by molar-refractivity contribution is 7.17. The lowest BCUT2D eigenvalue weighted by Crippen LogP contribution is -2.31. The molecule has 0 aliphatic rings. The normalized spacial score (nSPS) is 10.5. The summed E-state index contributed by atoms with van der Waals surface area (Å²) in [7, 11) is 0. The first kappa shape index (κ1) is 18.4. The summed E-state index contributed by atoms with van der Waals surface area (Å²) >= 11 is 7.15. The van der Waals surface area contributed by atoms with Crippen molar-refractivity contribution in [1.29, 1.82) is 0 Å². The smallest absolute Gasteiger partial charge is 0.350 e. The average Bonchev–Trinajstić information content (AvgIpc) is 2.94. The third-order valence-corrected chi connectivity index (χ3v) is 4.64. The first-order valence-electron chi connectivity index (χ1n) is 7.69. The number of hydrogen-bond acceptors (Lipinski definition) is 5. The molecular formula is C17H19ClN2O3S. The van der Waals surface area contributed by atoms with Gasteiger partial charge in [-0.05, 0) is 38.5 Å². The van der Waals surface area contributed by atoms with Crippen molar-refractivity contribution in [2.45, 2.75) is 27.2 Å². The lowest BCUT2D eigenvalue weighted by molar-refractivity contribution is 0.0531. The number of thiazole rings is 1. The number of hydrogen-bond donors (Lipinski definition) is 0. The van der Waals surface area contributed by atoms with Crippen LogP contribution in [0.5, 0.6) is 0 Å². The first-order chi connectivity index (χ1) is 11.5. The largest absolute Gasteiger partial charge is 0.462 e. The highest BCUT2D eigenvalue weighted by Crippen LogP contribution is 2.28. The molecule has 0 bridgehead atoms. The number of nitrogens with zero attached hydrogens (tertiary/aromatic N) is 2. The Kier molecular flexibility index (Phi) is 6.34. The third kappa shape index (κ3) is 4.13. The number of anilines is 1. The van der Waals surface area contributed by atoms with Gasteiger partial charge in [0, 0.05) is 17.1 Å². The monoisotopic (exact) mass is 366 g/mol. The van der Waals surface area contributed by atoms with Crippen molar-refractivity contribution in [3.05, 3.63) is 45.4 Å². The highest BCUT2D eigenvalue weighted by atomic mass is 35.5. The van der Waals surface area contributed by atoms with Crippen LogP contribution in [0.3, 0.4) is 0 Å². The molecule has 0 fully saturated rings. The fourth-order valence-electron chi connectivity index (χ4n) is 2.17. The number of rotatable bonds is 6. The number of halogens is 1. The van der Waals surface area contributed by atoms with Crippen molar-refractivity contribution in [2.75, 3.05) is 18.1 Å². The second-order valence-electron chi connectivity index (χ2n) is 5.10. The summed E-state index contributed by atoms with van der Waals surface area (Å²) in [5, 5.41) is 0.988. The lowest BCUT2D eigenvalue weighted by atomic mass is 10.2. The molecule has 0 spiro atoms. The van der Waals surface area contributed by atoms with Gasteiger partial charge in [0.15, 0.2) is 5.13 Å². The Labute approximate surface area is 150 Å². The summed E-state index contributed by atoms with van der Waals surface area (Å²) < 4.78 is 5.03. The van der Waals surface area contributed by atoms with E-state index < -0.39 is 5.97 Å². The van der Waals surface area contributed by atoms with Crippen LogP contribution < -0.4 is 4.90 Å². The fraction of sp³-hybridized carbons (Fsp3) is 0.353. The topological polar surface area (TPSA) is 59.5 Å². The summed E-state index contributed by atoms with van der Waals surface area (Å²) in [4.78, 5) is 31.2. The molecule has 0 aliphatic heterocycles. The SMILES string of the molecule is CCCN(C(=O)c1cccc(Cl)c1)c1nc(C)c(C(=O)OCC)s1. The fourth-order valence-corrected chi connectivity index (χ4v) is 3.34. The number of aromatic nitrogens is 1. The van der Waals surface area contributed by atoms with Gasteiger partial charge in [0.2, 0.25) is 0 Å². The molecule has 0 saturated carbocycles. The minimum atomic E-state index is -0.412. The van der Waals surface area contributed by atoms with E-state index in [0.29, 0.717) is 39.4 Å². The molecule has 0 unspecified atom stereocenters. The zero-order valence-electron chi connectivity index (χ0n) is 13.8. The second kappa shape index (κ2) is 8.26. The van der Waals surface area contributed by atoms with Crippen LogP contribution >= 0.6 is 22.9 Å². The molecule has 1 heterocycles. The van der Waals surface area contributed by atoms with Gasteiger partial charge in [-0.15, -0.1) is 0 Å². The van der Waals surface area contributed by atoms with E-state index in [4.69, 9.17) is 16.3 Å². The molecule has 1 aromatic carbocycles. The van der Waals surface area contributed by atoms with Crippen LogP contribution in [-0.2, 0) is 4.74 Å². The van der Waals surface area contributed by atoms with Crippen LogP contribution in [-0.4, -0.2) is 30.0 Å². The quantitative estimate of drug-likeness (QED) is 0.713. The number of esters is 1. The molecule has 2 aromatic rings. The minimum absolute atomic E-state index is 0.191. The number of carbonyl (C=O) groups is 2. The molecule has 1 aromatic heterocycles. The second-order valence-corrected chi connectivity index (χ2v) is 6.51. The van der Waals surface area contributed by atoms with E-state index in [-0.39, 0.29) is 5.91 Å². The maximum absolute atomic E-state index is 12.8. The minimum Gasteiger partial charge on any atom is -0.462 e. The van der Waals surface area contributed by atoms with E-state index in [9.17, 15) is 9.59 Å². The molecule has 5 nitrogen and oxygen atoms in total. The number of aryl methyl sites for hydroxylation is 1. The lowest BCUT2D eigenvalue weighted by Gasteiger charge is -2.19. The molecule has 0 aliphatic carbocycles.